The van der Waals surface area contributed by atoms with E-state index in [9.17, 15) is 4.79 Å². The van der Waals surface area contributed by atoms with Crippen LogP contribution in [0.3, 0.4) is 0 Å². The number of carbonyl (C=O) groups is 1. The van der Waals surface area contributed by atoms with Crippen molar-refractivity contribution in [3.8, 4) is 0 Å². The van der Waals surface area contributed by atoms with Gasteiger partial charge in [0.05, 0.1) is 5.02 Å². The molecule has 1 heterocycles. The number of halogens is 1. The van der Waals surface area contributed by atoms with Crippen molar-refractivity contribution in [3.05, 3.63) is 29.0 Å². The first kappa shape index (κ1) is 8.70. The van der Waals surface area contributed by atoms with Gasteiger partial charge in [0, 0.05) is 12.1 Å². The number of pyridine rings is 1. The molecule has 0 amide bonds. The number of carbonyl (C=O) groups excluding carboxylic acids is 1. The van der Waals surface area contributed by atoms with Gasteiger partial charge >= 0.3 is 0 Å². The lowest BCUT2D eigenvalue weighted by Crippen LogP contribution is -2.23. The van der Waals surface area contributed by atoms with E-state index >= 15 is 0 Å². The highest BCUT2D eigenvalue weighted by molar-refractivity contribution is 6.33. The van der Waals surface area contributed by atoms with Crippen LogP contribution in [0, 0.1) is 5.92 Å². The zero-order valence-electron chi connectivity index (χ0n) is 7.16. The van der Waals surface area contributed by atoms with Crippen molar-refractivity contribution in [1.29, 1.82) is 0 Å². The van der Waals surface area contributed by atoms with Crippen LogP contribution < -0.4 is 0 Å². The zero-order valence-corrected chi connectivity index (χ0v) is 7.92. The van der Waals surface area contributed by atoms with Crippen LogP contribution in [0.2, 0.25) is 5.02 Å². The number of hydrogen-bond donors (Lipinski definition) is 0. The number of ketones is 1. The van der Waals surface area contributed by atoms with Gasteiger partial charge in [-0.3, -0.25) is 9.78 Å². The maximum Gasteiger partial charge on any atom is 0.185 e. The summed E-state index contributed by atoms with van der Waals surface area (Å²) in [5.74, 6) is 0.282. The summed E-state index contributed by atoms with van der Waals surface area (Å²) in [6.45, 7) is 0. The van der Waals surface area contributed by atoms with Crippen LogP contribution in [-0.4, -0.2) is 10.8 Å². The van der Waals surface area contributed by atoms with Crippen molar-refractivity contribution in [1.82, 2.24) is 4.98 Å². The van der Waals surface area contributed by atoms with Gasteiger partial charge in [-0.2, -0.15) is 0 Å². The Bertz CT molecular complexity index is 333. The lowest BCUT2D eigenvalue weighted by atomic mass is 9.81. The molecule has 1 fully saturated rings. The molecule has 2 nitrogen and oxygen atoms in total. The quantitative estimate of drug-likeness (QED) is 0.680. The number of hydrogen-bond acceptors (Lipinski definition) is 2. The van der Waals surface area contributed by atoms with E-state index < -0.39 is 0 Å². The first-order valence-corrected chi connectivity index (χ1v) is 4.81. The van der Waals surface area contributed by atoms with E-state index in [1.807, 2.05) is 0 Å². The first-order valence-electron chi connectivity index (χ1n) is 4.44. The Morgan fingerprint density at radius 1 is 1.54 bits per heavy atom. The van der Waals surface area contributed by atoms with Crippen LogP contribution in [0.4, 0.5) is 0 Å². The highest BCUT2D eigenvalue weighted by Gasteiger charge is 2.28. The molecule has 1 aromatic rings. The second kappa shape index (κ2) is 3.46. The molecule has 3 heteroatoms. The summed E-state index contributed by atoms with van der Waals surface area (Å²) in [6, 6.07) is 3.44. The van der Waals surface area contributed by atoms with Crippen LogP contribution in [0.15, 0.2) is 18.3 Å². The molecule has 0 bridgehead atoms. The topological polar surface area (TPSA) is 30.0 Å². The van der Waals surface area contributed by atoms with E-state index in [2.05, 4.69) is 4.98 Å². The van der Waals surface area contributed by atoms with Crippen molar-refractivity contribution in [2.24, 2.45) is 5.92 Å². The molecule has 0 unspecified atom stereocenters. The molecule has 1 aliphatic carbocycles. The molecule has 0 spiro atoms. The lowest BCUT2D eigenvalue weighted by Gasteiger charge is -2.23. The van der Waals surface area contributed by atoms with Crippen molar-refractivity contribution >= 4 is 17.4 Å². The molecule has 1 aromatic heterocycles. The van der Waals surface area contributed by atoms with Gasteiger partial charge in [-0.05, 0) is 25.0 Å². The molecular weight excluding hydrogens is 186 g/mol. The molecule has 2 rings (SSSR count). The highest BCUT2D eigenvalue weighted by Crippen LogP contribution is 2.30. The number of aromatic nitrogens is 1. The SMILES string of the molecule is O=C(c1ncccc1Cl)C1CCC1. The first-order chi connectivity index (χ1) is 6.29. The summed E-state index contributed by atoms with van der Waals surface area (Å²) in [6.07, 6.45) is 4.75. The van der Waals surface area contributed by atoms with E-state index in [0.29, 0.717) is 10.7 Å². The minimum absolute atomic E-state index is 0.108. The van der Waals surface area contributed by atoms with Gasteiger partial charge in [0.2, 0.25) is 0 Å². The lowest BCUT2D eigenvalue weighted by molar-refractivity contribution is 0.0850. The molecular formula is C10H10ClNO. The number of nitrogens with zero attached hydrogens (tertiary/aromatic N) is 1. The average Bonchev–Trinajstić information content (AvgIpc) is 2.01. The van der Waals surface area contributed by atoms with E-state index in [-0.39, 0.29) is 11.7 Å². The summed E-state index contributed by atoms with van der Waals surface area (Å²) in [4.78, 5) is 15.7. The summed E-state index contributed by atoms with van der Waals surface area (Å²) in [5.41, 5.74) is 0.439. The molecule has 68 valence electrons. The number of Topliss-reactive ketones (excluding diaryl/α,β-unsaturated/α-hetero) is 1. The maximum absolute atomic E-state index is 11.7. The van der Waals surface area contributed by atoms with Gasteiger partial charge in [-0.15, -0.1) is 0 Å². The Morgan fingerprint density at radius 3 is 2.85 bits per heavy atom. The molecule has 0 aromatic carbocycles. The molecule has 0 atom stereocenters. The molecule has 0 aliphatic heterocycles. The van der Waals surface area contributed by atoms with Crippen LogP contribution in [0.1, 0.15) is 29.8 Å². The predicted molar refractivity (Wildman–Crippen MR) is 50.9 cm³/mol. The predicted octanol–water partition coefficient (Wildman–Crippen LogP) is 2.72. The van der Waals surface area contributed by atoms with Crippen LogP contribution in [0.25, 0.3) is 0 Å². The van der Waals surface area contributed by atoms with Crippen molar-refractivity contribution < 1.29 is 4.79 Å². The van der Waals surface area contributed by atoms with E-state index in [4.69, 9.17) is 11.6 Å². The van der Waals surface area contributed by atoms with Gasteiger partial charge < -0.3 is 0 Å². The summed E-state index contributed by atoms with van der Waals surface area (Å²) >= 11 is 5.86. The summed E-state index contributed by atoms with van der Waals surface area (Å²) in [7, 11) is 0. The second-order valence-corrected chi connectivity index (χ2v) is 3.73. The highest BCUT2D eigenvalue weighted by atomic mass is 35.5. The van der Waals surface area contributed by atoms with Crippen LogP contribution in [0.5, 0.6) is 0 Å². The Labute approximate surface area is 81.9 Å². The molecule has 0 N–H and O–H groups in total. The Hall–Kier alpha value is -0.890. The third kappa shape index (κ3) is 1.59. The van der Waals surface area contributed by atoms with Crippen molar-refractivity contribution in [3.63, 3.8) is 0 Å². The van der Waals surface area contributed by atoms with Crippen LogP contribution >= 0.6 is 11.6 Å². The number of rotatable bonds is 2. The molecule has 0 radical (unpaired) electrons. The zero-order chi connectivity index (χ0) is 9.26. The Balaban J connectivity index is 2.24. The van der Waals surface area contributed by atoms with E-state index in [0.717, 1.165) is 19.3 Å². The summed E-state index contributed by atoms with van der Waals surface area (Å²) in [5, 5.41) is 0.472. The van der Waals surface area contributed by atoms with E-state index in [1.165, 1.54) is 0 Å². The minimum atomic E-state index is 0.108. The standard InChI is InChI=1S/C10H10ClNO/c11-8-5-2-6-12-9(8)10(13)7-3-1-4-7/h2,5-7H,1,3-4H2. The molecule has 1 aliphatic rings. The third-order valence-corrected chi connectivity index (χ3v) is 2.77. The van der Waals surface area contributed by atoms with Gasteiger partial charge in [0.1, 0.15) is 5.69 Å². The van der Waals surface area contributed by atoms with Gasteiger partial charge in [0.15, 0.2) is 5.78 Å². The van der Waals surface area contributed by atoms with Gasteiger partial charge in [0.25, 0.3) is 0 Å². The third-order valence-electron chi connectivity index (χ3n) is 2.47. The molecule has 1 saturated carbocycles. The fourth-order valence-corrected chi connectivity index (χ4v) is 1.65. The van der Waals surface area contributed by atoms with Gasteiger partial charge in [-0.25, -0.2) is 0 Å². The largest absolute Gasteiger partial charge is 0.292 e. The maximum atomic E-state index is 11.7. The fraction of sp³-hybridized carbons (Fsp3) is 0.400. The monoisotopic (exact) mass is 195 g/mol. The van der Waals surface area contributed by atoms with E-state index in [1.54, 1.807) is 18.3 Å². The molecule has 13 heavy (non-hydrogen) atoms. The van der Waals surface area contributed by atoms with Crippen molar-refractivity contribution in [2.75, 3.05) is 0 Å². The average molecular weight is 196 g/mol. The second-order valence-electron chi connectivity index (χ2n) is 3.33. The van der Waals surface area contributed by atoms with Gasteiger partial charge in [-0.1, -0.05) is 18.0 Å². The normalized spacial score (nSPS) is 16.7. The fourth-order valence-electron chi connectivity index (χ4n) is 1.43. The Morgan fingerprint density at radius 2 is 2.31 bits per heavy atom. The van der Waals surface area contributed by atoms with Crippen LogP contribution in [-0.2, 0) is 0 Å². The minimum Gasteiger partial charge on any atom is -0.292 e. The summed E-state index contributed by atoms with van der Waals surface area (Å²) < 4.78 is 0. The molecule has 0 saturated heterocycles. The smallest absolute Gasteiger partial charge is 0.185 e. The van der Waals surface area contributed by atoms with Crippen molar-refractivity contribution in [2.45, 2.75) is 19.3 Å². The Kier molecular flexibility index (Phi) is 2.32.